The SMILES string of the molecule is COc1cc2c(=O)[nH]cnc2cc1OC(C)C1CCNCC1. The van der Waals surface area contributed by atoms with E-state index in [1.54, 1.807) is 19.2 Å². The molecule has 1 atom stereocenters. The molecule has 3 rings (SSSR count). The Labute approximate surface area is 128 Å². The summed E-state index contributed by atoms with van der Waals surface area (Å²) in [5.74, 6) is 1.72. The van der Waals surface area contributed by atoms with Gasteiger partial charge in [0.2, 0.25) is 0 Å². The van der Waals surface area contributed by atoms with E-state index in [9.17, 15) is 4.79 Å². The first-order chi connectivity index (χ1) is 10.7. The van der Waals surface area contributed by atoms with Gasteiger partial charge in [0.1, 0.15) is 0 Å². The molecule has 0 bridgehead atoms. The second-order valence-electron chi connectivity index (χ2n) is 5.66. The normalized spacial score (nSPS) is 17.4. The second-order valence-corrected chi connectivity index (χ2v) is 5.66. The summed E-state index contributed by atoms with van der Waals surface area (Å²) in [4.78, 5) is 18.6. The predicted molar refractivity (Wildman–Crippen MR) is 84.6 cm³/mol. The standard InChI is InChI=1S/C16H21N3O3/c1-10(11-3-5-17-6-4-11)22-15-8-13-12(7-14(15)21-2)16(20)19-9-18-13/h7-11,17H,3-6H2,1-2H3,(H,18,19,20). The third kappa shape index (κ3) is 2.92. The maximum Gasteiger partial charge on any atom is 0.258 e. The molecule has 6 heteroatoms. The number of rotatable bonds is 4. The lowest BCUT2D eigenvalue weighted by atomic mass is 9.93. The molecule has 1 aromatic carbocycles. The Kier molecular flexibility index (Phi) is 4.29. The smallest absolute Gasteiger partial charge is 0.258 e. The van der Waals surface area contributed by atoms with Crippen LogP contribution in [0.4, 0.5) is 0 Å². The molecule has 0 spiro atoms. The van der Waals surface area contributed by atoms with Crippen LogP contribution in [0.3, 0.4) is 0 Å². The summed E-state index contributed by atoms with van der Waals surface area (Å²) in [6, 6.07) is 3.46. The highest BCUT2D eigenvalue weighted by Gasteiger charge is 2.22. The van der Waals surface area contributed by atoms with Gasteiger partial charge in [-0.2, -0.15) is 0 Å². The molecule has 0 saturated carbocycles. The van der Waals surface area contributed by atoms with E-state index < -0.39 is 0 Å². The van der Waals surface area contributed by atoms with Crippen molar-refractivity contribution in [3.8, 4) is 11.5 Å². The number of piperidine rings is 1. The zero-order valence-electron chi connectivity index (χ0n) is 12.9. The molecule has 0 amide bonds. The summed E-state index contributed by atoms with van der Waals surface area (Å²) < 4.78 is 11.5. The van der Waals surface area contributed by atoms with E-state index in [4.69, 9.17) is 9.47 Å². The maximum absolute atomic E-state index is 11.8. The molecule has 6 nitrogen and oxygen atoms in total. The van der Waals surface area contributed by atoms with Crippen LogP contribution in [0.2, 0.25) is 0 Å². The van der Waals surface area contributed by atoms with Crippen LogP contribution in [0.15, 0.2) is 23.3 Å². The lowest BCUT2D eigenvalue weighted by Crippen LogP contribution is -2.35. The summed E-state index contributed by atoms with van der Waals surface area (Å²) in [5, 5.41) is 3.86. The lowest BCUT2D eigenvalue weighted by molar-refractivity contribution is 0.124. The minimum atomic E-state index is -0.179. The third-order valence-corrected chi connectivity index (χ3v) is 4.29. The van der Waals surface area contributed by atoms with Crippen molar-refractivity contribution in [2.45, 2.75) is 25.9 Å². The first-order valence-corrected chi connectivity index (χ1v) is 7.62. The molecule has 1 aliphatic heterocycles. The molecule has 1 unspecified atom stereocenters. The monoisotopic (exact) mass is 303 g/mol. The summed E-state index contributed by atoms with van der Waals surface area (Å²) in [7, 11) is 1.58. The predicted octanol–water partition coefficient (Wildman–Crippen LogP) is 1.70. The van der Waals surface area contributed by atoms with Gasteiger partial charge in [0.15, 0.2) is 11.5 Å². The quantitative estimate of drug-likeness (QED) is 0.899. The van der Waals surface area contributed by atoms with Crippen LogP contribution in [0, 0.1) is 5.92 Å². The van der Waals surface area contributed by atoms with E-state index in [-0.39, 0.29) is 11.7 Å². The number of H-pyrrole nitrogens is 1. The van der Waals surface area contributed by atoms with E-state index in [0.717, 1.165) is 25.9 Å². The minimum absolute atomic E-state index is 0.0930. The van der Waals surface area contributed by atoms with Gasteiger partial charge in [-0.05, 0) is 44.8 Å². The Morgan fingerprint density at radius 3 is 2.77 bits per heavy atom. The Bertz CT molecular complexity index is 707. The fourth-order valence-corrected chi connectivity index (χ4v) is 2.94. The van der Waals surface area contributed by atoms with E-state index in [1.807, 2.05) is 0 Å². The number of methoxy groups -OCH3 is 1. The van der Waals surface area contributed by atoms with Gasteiger partial charge >= 0.3 is 0 Å². The molecule has 1 saturated heterocycles. The average Bonchev–Trinajstić information content (AvgIpc) is 2.55. The Hall–Kier alpha value is -2.08. The van der Waals surface area contributed by atoms with Crippen molar-refractivity contribution in [2.75, 3.05) is 20.2 Å². The maximum atomic E-state index is 11.8. The minimum Gasteiger partial charge on any atom is -0.493 e. The zero-order chi connectivity index (χ0) is 15.5. The molecule has 22 heavy (non-hydrogen) atoms. The number of benzene rings is 1. The highest BCUT2D eigenvalue weighted by atomic mass is 16.5. The van der Waals surface area contributed by atoms with E-state index in [2.05, 4.69) is 22.2 Å². The molecule has 1 aromatic heterocycles. The topological polar surface area (TPSA) is 76.2 Å². The number of fused-ring (bicyclic) bond motifs is 1. The number of aromatic amines is 1. The molecule has 0 aliphatic carbocycles. The van der Waals surface area contributed by atoms with Gasteiger partial charge in [-0.15, -0.1) is 0 Å². The number of aromatic nitrogens is 2. The first kappa shape index (κ1) is 14.8. The van der Waals surface area contributed by atoms with Crippen molar-refractivity contribution in [3.05, 3.63) is 28.8 Å². The summed E-state index contributed by atoms with van der Waals surface area (Å²) in [6.45, 7) is 4.15. The molecule has 1 aliphatic rings. The van der Waals surface area contributed by atoms with E-state index in [0.29, 0.717) is 28.3 Å². The number of nitrogens with zero attached hydrogens (tertiary/aromatic N) is 1. The Balaban J connectivity index is 1.90. The van der Waals surface area contributed by atoms with Crippen LogP contribution in [0.25, 0.3) is 10.9 Å². The van der Waals surface area contributed by atoms with Crippen LogP contribution in [-0.4, -0.2) is 36.3 Å². The Morgan fingerprint density at radius 2 is 2.05 bits per heavy atom. The third-order valence-electron chi connectivity index (χ3n) is 4.29. The summed E-state index contributed by atoms with van der Waals surface area (Å²) >= 11 is 0. The second kappa shape index (κ2) is 6.36. The summed E-state index contributed by atoms with van der Waals surface area (Å²) in [6.07, 6.45) is 3.71. The largest absolute Gasteiger partial charge is 0.493 e. The van der Waals surface area contributed by atoms with Crippen LogP contribution in [0.5, 0.6) is 11.5 Å². The average molecular weight is 303 g/mol. The van der Waals surface area contributed by atoms with E-state index in [1.165, 1.54) is 6.33 Å². The van der Waals surface area contributed by atoms with Crippen LogP contribution >= 0.6 is 0 Å². The fourth-order valence-electron chi connectivity index (χ4n) is 2.94. The first-order valence-electron chi connectivity index (χ1n) is 7.62. The lowest BCUT2D eigenvalue weighted by Gasteiger charge is -2.29. The van der Waals surface area contributed by atoms with Crippen molar-refractivity contribution >= 4 is 10.9 Å². The van der Waals surface area contributed by atoms with Gasteiger partial charge in [-0.25, -0.2) is 4.98 Å². The molecule has 0 radical (unpaired) electrons. The van der Waals surface area contributed by atoms with Crippen LogP contribution < -0.4 is 20.3 Å². The van der Waals surface area contributed by atoms with Crippen molar-refractivity contribution in [2.24, 2.45) is 5.92 Å². The zero-order valence-corrected chi connectivity index (χ0v) is 12.9. The van der Waals surface area contributed by atoms with Crippen LogP contribution in [-0.2, 0) is 0 Å². The highest BCUT2D eigenvalue weighted by molar-refractivity contribution is 5.81. The van der Waals surface area contributed by atoms with Crippen molar-refractivity contribution in [1.82, 2.24) is 15.3 Å². The molecule has 2 heterocycles. The van der Waals surface area contributed by atoms with Crippen molar-refractivity contribution < 1.29 is 9.47 Å². The molecule has 2 N–H and O–H groups in total. The van der Waals surface area contributed by atoms with Gasteiger partial charge in [-0.3, -0.25) is 4.79 Å². The highest BCUT2D eigenvalue weighted by Crippen LogP contribution is 2.32. The van der Waals surface area contributed by atoms with Crippen molar-refractivity contribution in [1.29, 1.82) is 0 Å². The molecule has 118 valence electrons. The van der Waals surface area contributed by atoms with Crippen LogP contribution in [0.1, 0.15) is 19.8 Å². The van der Waals surface area contributed by atoms with Gasteiger partial charge in [0, 0.05) is 6.07 Å². The van der Waals surface area contributed by atoms with Gasteiger partial charge in [0.25, 0.3) is 5.56 Å². The summed E-state index contributed by atoms with van der Waals surface area (Å²) in [5.41, 5.74) is 0.429. The van der Waals surface area contributed by atoms with E-state index >= 15 is 0 Å². The molecule has 2 aromatic rings. The molecular weight excluding hydrogens is 282 g/mol. The molecular formula is C16H21N3O3. The molecule has 1 fully saturated rings. The fraction of sp³-hybridized carbons (Fsp3) is 0.500. The number of hydrogen-bond acceptors (Lipinski definition) is 5. The number of ether oxygens (including phenoxy) is 2. The number of hydrogen-bond donors (Lipinski definition) is 2. The van der Waals surface area contributed by atoms with Gasteiger partial charge in [-0.1, -0.05) is 0 Å². The van der Waals surface area contributed by atoms with Gasteiger partial charge in [0.05, 0.1) is 30.4 Å². The van der Waals surface area contributed by atoms with Crippen molar-refractivity contribution in [3.63, 3.8) is 0 Å². The van der Waals surface area contributed by atoms with Gasteiger partial charge < -0.3 is 19.8 Å². The number of nitrogens with one attached hydrogen (secondary N) is 2. The Morgan fingerprint density at radius 1 is 1.27 bits per heavy atom.